The predicted molar refractivity (Wildman–Crippen MR) is 126 cm³/mol. The summed E-state index contributed by atoms with van der Waals surface area (Å²) in [5, 5.41) is 38.6. The zero-order valence-electron chi connectivity index (χ0n) is 20.1. The van der Waals surface area contributed by atoms with Crippen LogP contribution in [0.15, 0.2) is 29.2 Å². The minimum atomic E-state index is -4.05. The second-order valence-corrected chi connectivity index (χ2v) is 10.0. The fraction of sp³-hybridized carbons (Fsp3) is 0.429. The zero-order chi connectivity index (χ0) is 29.5. The van der Waals surface area contributed by atoms with E-state index in [0.29, 0.717) is 0 Å². The fourth-order valence-electron chi connectivity index (χ4n) is 3.73. The van der Waals surface area contributed by atoms with Crippen molar-refractivity contribution in [3.05, 3.63) is 34.4 Å². The number of non-ortho nitro benzene ring substituents is 1. The minimum Gasteiger partial charge on any atom is -0.481 e. The molecule has 0 bridgehead atoms. The van der Waals surface area contributed by atoms with Crippen molar-refractivity contribution < 1.29 is 57.4 Å². The molecule has 17 nitrogen and oxygen atoms in total. The molecule has 1 aromatic carbocycles. The molecule has 1 heterocycles. The van der Waals surface area contributed by atoms with Crippen LogP contribution in [0.1, 0.15) is 38.5 Å². The lowest BCUT2D eigenvalue weighted by molar-refractivity contribution is -0.384. The average Bonchev–Trinajstić information content (AvgIpc) is 2.83. The molecule has 1 aliphatic rings. The van der Waals surface area contributed by atoms with Crippen molar-refractivity contribution in [1.82, 2.24) is 14.5 Å². The van der Waals surface area contributed by atoms with Crippen LogP contribution in [0.4, 0.5) is 10.5 Å². The summed E-state index contributed by atoms with van der Waals surface area (Å²) in [5.74, 6) is -7.17. The molecular formula is C21H24N4O13S. The van der Waals surface area contributed by atoms with Crippen molar-refractivity contribution in [3.8, 4) is 0 Å². The zero-order valence-corrected chi connectivity index (χ0v) is 20.9. The van der Waals surface area contributed by atoms with Crippen molar-refractivity contribution in [2.24, 2.45) is 0 Å². The molecule has 39 heavy (non-hydrogen) atoms. The number of imide groups is 2. The number of nitro benzene ring substituents is 1. The van der Waals surface area contributed by atoms with Crippen molar-refractivity contribution in [1.29, 1.82) is 0 Å². The highest BCUT2D eigenvalue weighted by atomic mass is 32.2. The number of amides is 4. The molecule has 0 saturated carbocycles. The summed E-state index contributed by atoms with van der Waals surface area (Å²) >= 11 is 0. The summed E-state index contributed by atoms with van der Waals surface area (Å²) in [6.07, 6.45) is -2.78. The summed E-state index contributed by atoms with van der Waals surface area (Å²) in [5.41, 5.74) is -0.313. The molecule has 1 saturated heterocycles. The number of hydrogen-bond acceptors (Lipinski definition) is 10. The summed E-state index contributed by atoms with van der Waals surface area (Å²) < 4.78 is 26.9. The maximum absolute atomic E-state index is 12.9. The third-order valence-corrected chi connectivity index (χ3v) is 7.11. The SMILES string of the molecule is O=C(O)CCC(C(=O)O)N1C(=O)CC(=O)N([C@@H](CCCCNS(=O)(=O)c2ccc([N+](=O)[O-])cc2)C(=O)O)C1=O. The van der Waals surface area contributed by atoms with Crippen LogP contribution in [0.3, 0.4) is 0 Å². The number of benzene rings is 1. The van der Waals surface area contributed by atoms with Gasteiger partial charge in [-0.25, -0.2) is 37.3 Å². The number of hydrogen-bond donors (Lipinski definition) is 4. The number of carbonyl (C=O) groups excluding carboxylic acids is 3. The van der Waals surface area contributed by atoms with Gasteiger partial charge >= 0.3 is 23.9 Å². The molecule has 0 radical (unpaired) electrons. The van der Waals surface area contributed by atoms with Gasteiger partial charge in [0.25, 0.3) is 5.69 Å². The Bertz CT molecular complexity index is 1280. The standard InChI is InChI=1S/C21H24N4O13S/c26-16-11-17(27)24(15(20(32)33)8-9-18(28)29)21(34)23(16)14(19(30)31)3-1-2-10-22-39(37,38)13-6-4-12(5-7-13)25(35)36/h4-7,14-15,22H,1-3,8-11H2,(H,28,29)(H,30,31)(H,32,33)/t14-,15?/m0/s1. The van der Waals surface area contributed by atoms with Gasteiger partial charge in [0.1, 0.15) is 18.5 Å². The Morgan fingerprint density at radius 2 is 1.44 bits per heavy atom. The number of carbonyl (C=O) groups is 6. The molecule has 0 aromatic heterocycles. The van der Waals surface area contributed by atoms with Crippen LogP contribution in [0.25, 0.3) is 0 Å². The van der Waals surface area contributed by atoms with Crippen molar-refractivity contribution in [2.75, 3.05) is 6.54 Å². The smallest absolute Gasteiger partial charge is 0.335 e. The Morgan fingerprint density at radius 1 is 0.923 bits per heavy atom. The maximum atomic E-state index is 12.9. The van der Waals surface area contributed by atoms with Crippen LogP contribution in [0, 0.1) is 10.1 Å². The Kier molecular flexibility index (Phi) is 10.2. The van der Waals surface area contributed by atoms with Crippen LogP contribution in [0.2, 0.25) is 0 Å². The Labute approximate surface area is 220 Å². The maximum Gasteiger partial charge on any atom is 0.335 e. The Hall–Kier alpha value is -4.45. The number of carboxylic acids is 3. The number of urea groups is 1. The summed E-state index contributed by atoms with van der Waals surface area (Å²) in [7, 11) is -4.05. The largest absolute Gasteiger partial charge is 0.481 e. The van der Waals surface area contributed by atoms with E-state index in [4.69, 9.17) is 5.11 Å². The fourth-order valence-corrected chi connectivity index (χ4v) is 4.80. The van der Waals surface area contributed by atoms with Crippen molar-refractivity contribution in [3.63, 3.8) is 0 Å². The molecule has 1 unspecified atom stereocenters. The molecular weight excluding hydrogens is 548 g/mol. The van der Waals surface area contributed by atoms with Crippen LogP contribution in [-0.4, -0.2) is 92.8 Å². The molecule has 0 spiro atoms. The number of nitrogens with zero attached hydrogens (tertiary/aromatic N) is 3. The number of aliphatic carboxylic acids is 3. The van der Waals surface area contributed by atoms with Gasteiger partial charge in [0.15, 0.2) is 0 Å². The number of carboxylic acid groups (broad SMARTS) is 3. The third-order valence-electron chi connectivity index (χ3n) is 5.63. The van der Waals surface area contributed by atoms with Gasteiger partial charge < -0.3 is 15.3 Å². The Morgan fingerprint density at radius 3 is 1.90 bits per heavy atom. The third kappa shape index (κ3) is 7.77. The second-order valence-electron chi connectivity index (χ2n) is 8.27. The minimum absolute atomic E-state index is 0.0330. The first-order chi connectivity index (χ1) is 18.2. The molecule has 1 fully saturated rings. The summed E-state index contributed by atoms with van der Waals surface area (Å²) in [4.78, 5) is 82.2. The highest BCUT2D eigenvalue weighted by Gasteiger charge is 2.48. The number of nitro groups is 1. The molecule has 2 rings (SSSR count). The lowest BCUT2D eigenvalue weighted by Crippen LogP contribution is -2.63. The van der Waals surface area contributed by atoms with Crippen molar-refractivity contribution >= 4 is 51.5 Å². The molecule has 4 N–H and O–H groups in total. The highest BCUT2D eigenvalue weighted by Crippen LogP contribution is 2.23. The van der Waals surface area contributed by atoms with E-state index in [1.54, 1.807) is 0 Å². The average molecular weight is 573 g/mol. The number of barbiturate groups is 1. The lowest BCUT2D eigenvalue weighted by atomic mass is 10.0. The van der Waals surface area contributed by atoms with E-state index in [1.807, 2.05) is 0 Å². The number of sulfonamides is 1. The molecule has 1 aliphatic heterocycles. The van der Waals surface area contributed by atoms with Crippen molar-refractivity contribution in [2.45, 2.75) is 55.5 Å². The quantitative estimate of drug-likeness (QED) is 0.0934. The van der Waals surface area contributed by atoms with E-state index in [2.05, 4.69) is 4.72 Å². The molecule has 2 atom stereocenters. The molecule has 212 valence electrons. The highest BCUT2D eigenvalue weighted by molar-refractivity contribution is 7.89. The van der Waals surface area contributed by atoms with Crippen LogP contribution < -0.4 is 4.72 Å². The number of rotatable bonds is 15. The molecule has 0 aliphatic carbocycles. The van der Waals surface area contributed by atoms with Gasteiger partial charge in [-0.05, 0) is 37.8 Å². The topological polar surface area (TPSA) is 259 Å². The van der Waals surface area contributed by atoms with E-state index in [0.717, 1.165) is 24.3 Å². The van der Waals surface area contributed by atoms with Crippen LogP contribution in [-0.2, 0) is 34.0 Å². The number of nitrogens with one attached hydrogen (secondary N) is 1. The Balaban J connectivity index is 2.07. The van der Waals surface area contributed by atoms with Gasteiger partial charge in [0, 0.05) is 25.1 Å². The van der Waals surface area contributed by atoms with Gasteiger partial charge in [-0.3, -0.25) is 24.5 Å². The first-order valence-corrected chi connectivity index (χ1v) is 12.7. The number of unbranched alkanes of at least 4 members (excludes halogenated alkanes) is 1. The van der Waals surface area contributed by atoms with E-state index in [9.17, 15) is 57.5 Å². The predicted octanol–water partition coefficient (Wildman–Crippen LogP) is -0.00450. The lowest BCUT2D eigenvalue weighted by Gasteiger charge is -2.38. The van der Waals surface area contributed by atoms with Gasteiger partial charge in [-0.15, -0.1) is 0 Å². The monoisotopic (exact) mass is 572 g/mol. The van der Waals surface area contributed by atoms with E-state index in [1.165, 1.54) is 0 Å². The first-order valence-electron chi connectivity index (χ1n) is 11.3. The molecule has 18 heteroatoms. The van der Waals surface area contributed by atoms with Gasteiger partial charge in [-0.2, -0.15) is 0 Å². The normalized spacial score (nSPS) is 15.6. The van der Waals surface area contributed by atoms with Gasteiger partial charge in [0.05, 0.1) is 9.82 Å². The van der Waals surface area contributed by atoms with Crippen LogP contribution >= 0.6 is 0 Å². The van der Waals surface area contributed by atoms with Crippen LogP contribution in [0.5, 0.6) is 0 Å². The first kappa shape index (κ1) is 30.8. The second kappa shape index (κ2) is 12.9. The van der Waals surface area contributed by atoms with Gasteiger partial charge in [0.2, 0.25) is 21.8 Å². The summed E-state index contributed by atoms with van der Waals surface area (Å²) in [6, 6.07) is -1.21. The summed E-state index contributed by atoms with van der Waals surface area (Å²) in [6.45, 7) is -0.200. The molecule has 1 aromatic rings. The van der Waals surface area contributed by atoms with E-state index in [-0.39, 0.29) is 46.2 Å². The van der Waals surface area contributed by atoms with E-state index >= 15 is 0 Å². The van der Waals surface area contributed by atoms with Gasteiger partial charge in [-0.1, -0.05) is 0 Å². The van der Waals surface area contributed by atoms with E-state index < -0.39 is 82.0 Å². The molecule has 4 amide bonds.